The molecule has 0 aromatic heterocycles. The van der Waals surface area contributed by atoms with Gasteiger partial charge in [0.2, 0.25) is 0 Å². The lowest BCUT2D eigenvalue weighted by Gasteiger charge is -2.34. The third kappa shape index (κ3) is 2.43. The molecule has 0 heterocycles. The molecule has 2 nitrogen and oxygen atoms in total. The Morgan fingerprint density at radius 3 is 2.53 bits per heavy atom. The topological polar surface area (TPSA) is 40.5 Å². The second-order valence-electron chi connectivity index (χ2n) is 6.70. The van der Waals surface area contributed by atoms with Gasteiger partial charge in [0.15, 0.2) is 0 Å². The molecule has 1 fully saturated rings. The minimum absolute atomic E-state index is 0.000463. The Balaban J connectivity index is 2.29. The fraction of sp³-hybridized carbons (Fsp3) is 0.867. The van der Waals surface area contributed by atoms with Crippen molar-refractivity contribution in [1.82, 2.24) is 0 Å². The van der Waals surface area contributed by atoms with Gasteiger partial charge in [-0.2, -0.15) is 0 Å². The van der Waals surface area contributed by atoms with Crippen molar-refractivity contribution in [2.75, 3.05) is 0 Å². The van der Waals surface area contributed by atoms with Crippen LogP contribution in [0.1, 0.15) is 53.4 Å². The second kappa shape index (κ2) is 4.40. The molecule has 2 heteroatoms. The summed E-state index contributed by atoms with van der Waals surface area (Å²) in [5, 5.41) is 20.6. The van der Waals surface area contributed by atoms with Crippen molar-refractivity contribution >= 4 is 0 Å². The minimum atomic E-state index is -0.780. The molecular formula is C15H26O2. The van der Waals surface area contributed by atoms with Crippen molar-refractivity contribution in [3.8, 4) is 0 Å². The van der Waals surface area contributed by atoms with E-state index in [1.807, 2.05) is 13.8 Å². The molecule has 1 saturated carbocycles. The van der Waals surface area contributed by atoms with Crippen LogP contribution in [0.2, 0.25) is 0 Å². The van der Waals surface area contributed by atoms with E-state index in [1.54, 1.807) is 5.57 Å². The van der Waals surface area contributed by atoms with Gasteiger partial charge in [-0.15, -0.1) is 0 Å². The first-order chi connectivity index (χ1) is 7.80. The molecule has 0 spiro atoms. The van der Waals surface area contributed by atoms with Crippen molar-refractivity contribution in [3.05, 3.63) is 11.1 Å². The van der Waals surface area contributed by atoms with Gasteiger partial charge in [-0.1, -0.05) is 18.1 Å². The van der Waals surface area contributed by atoms with Gasteiger partial charge in [0.25, 0.3) is 0 Å². The standard InChI is InChI=1S/C15H26O2/c1-9-5-6-11-10(2)7-14(16)13(8-12(9)11)15(3,4)17/h9,12-14,16-17H,5-8H2,1-4H3. The van der Waals surface area contributed by atoms with E-state index in [2.05, 4.69) is 13.8 Å². The van der Waals surface area contributed by atoms with E-state index in [0.717, 1.165) is 12.8 Å². The van der Waals surface area contributed by atoms with E-state index >= 15 is 0 Å². The summed E-state index contributed by atoms with van der Waals surface area (Å²) < 4.78 is 0. The first kappa shape index (κ1) is 13.1. The van der Waals surface area contributed by atoms with Crippen LogP contribution < -0.4 is 0 Å². The highest BCUT2D eigenvalue weighted by Gasteiger charge is 2.41. The molecule has 2 rings (SSSR count). The van der Waals surface area contributed by atoms with Crippen molar-refractivity contribution in [2.45, 2.75) is 65.1 Å². The van der Waals surface area contributed by atoms with Crippen molar-refractivity contribution < 1.29 is 10.2 Å². The SMILES string of the molecule is CC1=C2CCC(C)C2CC(C(C)(C)O)C(O)C1. The van der Waals surface area contributed by atoms with Gasteiger partial charge in [-0.05, 0) is 58.3 Å². The van der Waals surface area contributed by atoms with Crippen LogP contribution in [-0.4, -0.2) is 21.9 Å². The minimum Gasteiger partial charge on any atom is -0.392 e. The maximum Gasteiger partial charge on any atom is 0.0644 e. The molecule has 0 radical (unpaired) electrons. The van der Waals surface area contributed by atoms with Gasteiger partial charge >= 0.3 is 0 Å². The summed E-state index contributed by atoms with van der Waals surface area (Å²) >= 11 is 0. The lowest BCUT2D eigenvalue weighted by Crippen LogP contribution is -2.40. The summed E-state index contributed by atoms with van der Waals surface area (Å²) in [4.78, 5) is 0. The largest absolute Gasteiger partial charge is 0.392 e. The van der Waals surface area contributed by atoms with E-state index in [0.29, 0.717) is 11.8 Å². The molecule has 17 heavy (non-hydrogen) atoms. The van der Waals surface area contributed by atoms with Gasteiger partial charge in [-0.3, -0.25) is 0 Å². The number of hydrogen-bond donors (Lipinski definition) is 2. The van der Waals surface area contributed by atoms with E-state index in [1.165, 1.54) is 18.4 Å². The van der Waals surface area contributed by atoms with Gasteiger partial charge in [0.05, 0.1) is 11.7 Å². The van der Waals surface area contributed by atoms with Crippen LogP contribution in [0.25, 0.3) is 0 Å². The molecular weight excluding hydrogens is 212 g/mol. The Hall–Kier alpha value is -0.340. The van der Waals surface area contributed by atoms with Crippen molar-refractivity contribution in [2.24, 2.45) is 17.8 Å². The lowest BCUT2D eigenvalue weighted by atomic mass is 9.77. The summed E-state index contributed by atoms with van der Waals surface area (Å²) in [7, 11) is 0. The molecule has 0 bridgehead atoms. The number of allylic oxidation sites excluding steroid dienone is 1. The summed E-state index contributed by atoms with van der Waals surface area (Å²) in [6, 6.07) is 0. The van der Waals surface area contributed by atoms with E-state index in [9.17, 15) is 10.2 Å². The highest BCUT2D eigenvalue weighted by atomic mass is 16.3. The molecule has 2 N–H and O–H groups in total. The predicted octanol–water partition coefficient (Wildman–Crippen LogP) is 2.89. The average Bonchev–Trinajstić information content (AvgIpc) is 2.47. The Morgan fingerprint density at radius 1 is 1.29 bits per heavy atom. The zero-order valence-corrected chi connectivity index (χ0v) is 11.5. The zero-order valence-electron chi connectivity index (χ0n) is 11.5. The lowest BCUT2D eigenvalue weighted by molar-refractivity contribution is -0.0536. The summed E-state index contributed by atoms with van der Waals surface area (Å²) in [5.41, 5.74) is 2.17. The van der Waals surface area contributed by atoms with Gasteiger partial charge in [-0.25, -0.2) is 0 Å². The van der Waals surface area contributed by atoms with Crippen LogP contribution in [0.4, 0.5) is 0 Å². The summed E-state index contributed by atoms with van der Waals surface area (Å²) in [6.07, 6.45) is 3.76. The molecule has 4 unspecified atom stereocenters. The summed E-state index contributed by atoms with van der Waals surface area (Å²) in [6.45, 7) is 8.14. The van der Waals surface area contributed by atoms with Gasteiger partial charge in [0, 0.05) is 5.92 Å². The number of rotatable bonds is 1. The number of hydrogen-bond acceptors (Lipinski definition) is 2. The van der Waals surface area contributed by atoms with Gasteiger partial charge < -0.3 is 10.2 Å². The smallest absolute Gasteiger partial charge is 0.0644 e. The molecule has 2 aliphatic rings. The van der Waals surface area contributed by atoms with Crippen LogP contribution in [0.5, 0.6) is 0 Å². The molecule has 0 saturated heterocycles. The van der Waals surface area contributed by atoms with Crippen LogP contribution in [0, 0.1) is 17.8 Å². The van der Waals surface area contributed by atoms with Crippen LogP contribution in [0.3, 0.4) is 0 Å². The Kier molecular flexibility index (Phi) is 3.39. The monoisotopic (exact) mass is 238 g/mol. The second-order valence-corrected chi connectivity index (χ2v) is 6.70. The third-order valence-corrected chi connectivity index (χ3v) is 4.95. The predicted molar refractivity (Wildman–Crippen MR) is 69.6 cm³/mol. The third-order valence-electron chi connectivity index (χ3n) is 4.95. The highest BCUT2D eigenvalue weighted by molar-refractivity contribution is 5.23. The molecule has 0 aromatic carbocycles. The first-order valence-corrected chi connectivity index (χ1v) is 6.89. The Labute approximate surface area is 105 Å². The zero-order chi connectivity index (χ0) is 12.8. The number of aliphatic hydroxyl groups is 2. The van der Waals surface area contributed by atoms with Crippen LogP contribution in [-0.2, 0) is 0 Å². The highest BCUT2D eigenvalue weighted by Crippen LogP contribution is 2.47. The van der Waals surface area contributed by atoms with Crippen molar-refractivity contribution in [1.29, 1.82) is 0 Å². The van der Waals surface area contributed by atoms with E-state index < -0.39 is 5.60 Å². The molecule has 4 atom stereocenters. The molecule has 2 aliphatic carbocycles. The summed E-state index contributed by atoms with van der Waals surface area (Å²) in [5.74, 6) is 1.29. The van der Waals surface area contributed by atoms with E-state index in [-0.39, 0.29) is 12.0 Å². The molecule has 0 amide bonds. The maximum absolute atomic E-state index is 10.3. The van der Waals surface area contributed by atoms with Crippen LogP contribution in [0.15, 0.2) is 11.1 Å². The molecule has 0 aliphatic heterocycles. The van der Waals surface area contributed by atoms with Crippen LogP contribution >= 0.6 is 0 Å². The molecule has 0 aromatic rings. The Bertz CT molecular complexity index is 324. The van der Waals surface area contributed by atoms with Gasteiger partial charge in [0.1, 0.15) is 0 Å². The quantitative estimate of drug-likeness (QED) is 0.690. The van der Waals surface area contributed by atoms with Crippen molar-refractivity contribution in [3.63, 3.8) is 0 Å². The fourth-order valence-corrected chi connectivity index (χ4v) is 3.79. The van der Waals surface area contributed by atoms with E-state index in [4.69, 9.17) is 0 Å². The first-order valence-electron chi connectivity index (χ1n) is 6.89. The average molecular weight is 238 g/mol. The number of aliphatic hydroxyl groups excluding tert-OH is 1. The number of fused-ring (bicyclic) bond motifs is 1. The normalized spacial score (nSPS) is 39.2. The Morgan fingerprint density at radius 2 is 1.94 bits per heavy atom. The maximum atomic E-state index is 10.3. The molecule has 98 valence electrons. The fourth-order valence-electron chi connectivity index (χ4n) is 3.79.